The first-order valence-electron chi connectivity index (χ1n) is 9.06. The molecule has 1 aliphatic carbocycles. The monoisotopic (exact) mass is 368 g/mol. The largest absolute Gasteiger partial charge is 0.465 e. The lowest BCUT2D eigenvalue weighted by Gasteiger charge is -2.30. The molecule has 25 heavy (non-hydrogen) atoms. The molecule has 0 aromatic carbocycles. The van der Waals surface area contributed by atoms with Crippen molar-refractivity contribution in [1.82, 2.24) is 20.7 Å². The molecule has 0 atom stereocenters. The number of amides is 2. The zero-order chi connectivity index (χ0) is 18.1. The maximum atomic E-state index is 12.3. The van der Waals surface area contributed by atoms with E-state index in [1.807, 2.05) is 0 Å². The Kier molecular flexibility index (Phi) is 7.97. The van der Waals surface area contributed by atoms with Crippen molar-refractivity contribution >= 4 is 29.3 Å². The number of esters is 1. The summed E-state index contributed by atoms with van der Waals surface area (Å²) in [5.41, 5.74) is 1.49. The lowest BCUT2D eigenvalue weighted by molar-refractivity contribution is -0.141. The smallest absolute Gasteiger partial charge is 0.336 e. The van der Waals surface area contributed by atoms with Gasteiger partial charge in [0.25, 0.3) is 0 Å². The molecule has 0 unspecified atom stereocenters. The van der Waals surface area contributed by atoms with Crippen molar-refractivity contribution < 1.29 is 14.3 Å². The van der Waals surface area contributed by atoms with Crippen LogP contribution in [-0.2, 0) is 9.53 Å². The minimum atomic E-state index is -0.442. The molecular weight excluding hydrogens is 340 g/mol. The van der Waals surface area contributed by atoms with Crippen molar-refractivity contribution in [3.63, 3.8) is 0 Å². The molecule has 2 rings (SSSR count). The summed E-state index contributed by atoms with van der Waals surface area (Å²) in [6, 6.07) is -0.329. The highest BCUT2D eigenvalue weighted by molar-refractivity contribution is 7.80. The van der Waals surface area contributed by atoms with Crippen LogP contribution in [0.1, 0.15) is 45.4 Å². The number of rotatable bonds is 6. The Bertz CT molecular complexity index is 524. The van der Waals surface area contributed by atoms with Crippen molar-refractivity contribution in [2.24, 2.45) is 0 Å². The predicted octanol–water partition coefficient (Wildman–Crippen LogP) is 1.95. The number of ether oxygens (including phenoxy) is 1. The molecule has 1 saturated heterocycles. The summed E-state index contributed by atoms with van der Waals surface area (Å²) in [5, 5.41) is 9.70. The standard InChI is InChI=1S/C17H28N4O3S/c1-2-24-15(22)13-19-16(23)20-11-6-12-21(20)17(25)18-10-9-14-7-4-3-5-8-14/h7H,2-6,8-13H2,1H3,(H,18,25)(H,19,23). The average Bonchev–Trinajstić information content (AvgIpc) is 3.11. The van der Waals surface area contributed by atoms with E-state index in [1.165, 1.54) is 31.3 Å². The van der Waals surface area contributed by atoms with Gasteiger partial charge < -0.3 is 15.4 Å². The van der Waals surface area contributed by atoms with E-state index >= 15 is 0 Å². The molecule has 7 nitrogen and oxygen atoms in total. The minimum Gasteiger partial charge on any atom is -0.465 e. The van der Waals surface area contributed by atoms with Crippen LogP contribution in [0.15, 0.2) is 11.6 Å². The van der Waals surface area contributed by atoms with E-state index in [0.29, 0.717) is 24.8 Å². The third-order valence-electron chi connectivity index (χ3n) is 4.30. The van der Waals surface area contributed by atoms with Gasteiger partial charge in [-0.2, -0.15) is 0 Å². The van der Waals surface area contributed by atoms with Gasteiger partial charge in [0.2, 0.25) is 0 Å². The van der Waals surface area contributed by atoms with Gasteiger partial charge in [-0.1, -0.05) is 11.6 Å². The number of nitrogens with one attached hydrogen (secondary N) is 2. The van der Waals surface area contributed by atoms with Crippen LogP contribution in [0.4, 0.5) is 4.79 Å². The van der Waals surface area contributed by atoms with Gasteiger partial charge in [-0.3, -0.25) is 9.80 Å². The number of urea groups is 1. The van der Waals surface area contributed by atoms with Crippen molar-refractivity contribution in [3.05, 3.63) is 11.6 Å². The normalized spacial score (nSPS) is 17.1. The number of allylic oxidation sites excluding steroid dienone is 1. The first kappa shape index (κ1) is 19.5. The van der Waals surface area contributed by atoms with Crippen molar-refractivity contribution in [2.75, 3.05) is 32.8 Å². The Balaban J connectivity index is 1.75. The molecule has 1 aliphatic heterocycles. The quantitative estimate of drug-likeness (QED) is 0.424. The molecule has 2 aliphatic rings. The zero-order valence-corrected chi connectivity index (χ0v) is 15.7. The van der Waals surface area contributed by atoms with Gasteiger partial charge in [-0.25, -0.2) is 9.80 Å². The summed E-state index contributed by atoms with van der Waals surface area (Å²) < 4.78 is 4.81. The number of nitrogens with zero attached hydrogens (tertiary/aromatic N) is 2. The average molecular weight is 369 g/mol. The Morgan fingerprint density at radius 1 is 1.20 bits per heavy atom. The SMILES string of the molecule is CCOC(=O)CNC(=O)N1CCCN1C(=S)NCCC1=CCCCC1. The van der Waals surface area contributed by atoms with Crippen LogP contribution in [0.25, 0.3) is 0 Å². The molecule has 8 heteroatoms. The molecule has 0 radical (unpaired) electrons. The van der Waals surface area contributed by atoms with Gasteiger partial charge in [0.1, 0.15) is 6.54 Å². The molecular formula is C17H28N4O3S. The molecule has 0 saturated carbocycles. The second-order valence-corrected chi connectivity index (χ2v) is 6.54. The van der Waals surface area contributed by atoms with Gasteiger partial charge in [-0.05, 0) is 57.7 Å². The summed E-state index contributed by atoms with van der Waals surface area (Å²) in [6.07, 6.45) is 9.10. The van der Waals surface area contributed by atoms with Gasteiger partial charge in [0.05, 0.1) is 6.61 Å². The Morgan fingerprint density at radius 3 is 2.72 bits per heavy atom. The van der Waals surface area contributed by atoms with Crippen LogP contribution in [0.5, 0.6) is 0 Å². The Hall–Kier alpha value is -1.83. The van der Waals surface area contributed by atoms with Crippen molar-refractivity contribution in [1.29, 1.82) is 0 Å². The van der Waals surface area contributed by atoms with E-state index in [2.05, 4.69) is 16.7 Å². The number of hydrazine groups is 1. The lowest BCUT2D eigenvalue weighted by atomic mass is 9.97. The summed E-state index contributed by atoms with van der Waals surface area (Å²) in [6.45, 7) is 3.96. The van der Waals surface area contributed by atoms with E-state index in [1.54, 1.807) is 16.9 Å². The van der Waals surface area contributed by atoms with Crippen molar-refractivity contribution in [2.45, 2.75) is 45.4 Å². The maximum absolute atomic E-state index is 12.3. The molecule has 0 bridgehead atoms. The fraction of sp³-hybridized carbons (Fsp3) is 0.706. The minimum absolute atomic E-state index is 0.134. The fourth-order valence-electron chi connectivity index (χ4n) is 3.04. The summed E-state index contributed by atoms with van der Waals surface area (Å²) in [5.74, 6) is -0.442. The molecule has 0 aromatic rings. The van der Waals surface area contributed by atoms with Crippen LogP contribution in [0, 0.1) is 0 Å². The predicted molar refractivity (Wildman–Crippen MR) is 99.8 cm³/mol. The second-order valence-electron chi connectivity index (χ2n) is 6.15. The van der Waals surface area contributed by atoms with Crippen molar-refractivity contribution in [3.8, 4) is 0 Å². The lowest BCUT2D eigenvalue weighted by Crippen LogP contribution is -2.53. The van der Waals surface area contributed by atoms with E-state index < -0.39 is 5.97 Å². The number of carbonyl (C=O) groups excluding carboxylic acids is 2. The molecule has 0 aromatic heterocycles. The third-order valence-corrected chi connectivity index (χ3v) is 4.65. The molecule has 2 amide bonds. The van der Waals surface area contributed by atoms with Gasteiger partial charge in [-0.15, -0.1) is 0 Å². The highest BCUT2D eigenvalue weighted by atomic mass is 32.1. The van der Waals surface area contributed by atoms with Crippen LogP contribution < -0.4 is 10.6 Å². The maximum Gasteiger partial charge on any atom is 0.336 e. The second kappa shape index (κ2) is 10.2. The molecule has 1 fully saturated rings. The molecule has 2 N–H and O–H groups in total. The van der Waals surface area contributed by atoms with Gasteiger partial charge >= 0.3 is 12.0 Å². The first-order chi connectivity index (χ1) is 12.1. The highest BCUT2D eigenvalue weighted by Crippen LogP contribution is 2.19. The number of thiocarbonyl (C=S) groups is 1. The van der Waals surface area contributed by atoms with Crippen LogP contribution in [0.2, 0.25) is 0 Å². The van der Waals surface area contributed by atoms with E-state index in [-0.39, 0.29) is 12.6 Å². The summed E-state index contributed by atoms with van der Waals surface area (Å²) >= 11 is 5.44. The summed E-state index contributed by atoms with van der Waals surface area (Å²) in [7, 11) is 0. The number of hydrogen-bond acceptors (Lipinski definition) is 4. The van der Waals surface area contributed by atoms with Crippen LogP contribution in [-0.4, -0.2) is 59.9 Å². The fourth-order valence-corrected chi connectivity index (χ4v) is 3.33. The van der Waals surface area contributed by atoms with Gasteiger partial charge in [0, 0.05) is 19.6 Å². The van der Waals surface area contributed by atoms with E-state index in [0.717, 1.165) is 19.4 Å². The number of hydrogen-bond donors (Lipinski definition) is 2. The van der Waals surface area contributed by atoms with Crippen LogP contribution >= 0.6 is 12.2 Å². The molecule has 0 spiro atoms. The topological polar surface area (TPSA) is 73.9 Å². The van der Waals surface area contributed by atoms with Gasteiger partial charge in [0.15, 0.2) is 5.11 Å². The van der Waals surface area contributed by atoms with E-state index in [9.17, 15) is 9.59 Å². The molecule has 140 valence electrons. The Labute approximate surface area is 154 Å². The zero-order valence-electron chi connectivity index (χ0n) is 14.9. The van der Waals surface area contributed by atoms with Crippen LogP contribution in [0.3, 0.4) is 0 Å². The Morgan fingerprint density at radius 2 is 2.00 bits per heavy atom. The van der Waals surface area contributed by atoms with E-state index in [4.69, 9.17) is 17.0 Å². The molecule has 1 heterocycles. The first-order valence-corrected chi connectivity index (χ1v) is 9.46. The number of carbonyl (C=O) groups is 2. The highest BCUT2D eigenvalue weighted by Gasteiger charge is 2.28. The summed E-state index contributed by atoms with van der Waals surface area (Å²) in [4.78, 5) is 23.6. The third kappa shape index (κ3) is 6.19.